The van der Waals surface area contributed by atoms with Crippen LogP contribution in [0.4, 0.5) is 5.69 Å². The lowest BCUT2D eigenvalue weighted by molar-refractivity contribution is -0.143. The van der Waals surface area contributed by atoms with Gasteiger partial charge in [-0.25, -0.2) is 0 Å². The third kappa shape index (κ3) is 2.63. The van der Waals surface area contributed by atoms with Crippen LogP contribution in [0.1, 0.15) is 23.6 Å². The molecule has 0 radical (unpaired) electrons. The van der Waals surface area contributed by atoms with Crippen molar-refractivity contribution in [2.75, 3.05) is 12.1 Å². The molecule has 2 fully saturated rings. The molecule has 2 saturated heterocycles. The predicted octanol–water partition coefficient (Wildman–Crippen LogP) is 1.03. The van der Waals surface area contributed by atoms with Gasteiger partial charge in [0, 0.05) is 17.3 Å². The minimum atomic E-state index is -1.41. The van der Waals surface area contributed by atoms with E-state index in [9.17, 15) is 19.5 Å². The second kappa shape index (κ2) is 6.79. The lowest BCUT2D eigenvalue weighted by Crippen LogP contribution is -2.54. The molecule has 9 nitrogen and oxygen atoms in total. The first kappa shape index (κ1) is 20.2. The molecule has 4 aliphatic heterocycles. The van der Waals surface area contributed by atoms with E-state index in [0.717, 1.165) is 5.56 Å². The summed E-state index contributed by atoms with van der Waals surface area (Å²) in [7, 11) is 0. The molecule has 0 aliphatic carbocycles. The molecular weight excluding hydrogens is 426 g/mol. The Labute approximate surface area is 189 Å². The second-order valence-electron chi connectivity index (χ2n) is 9.18. The van der Waals surface area contributed by atoms with E-state index in [4.69, 9.17) is 9.47 Å². The van der Waals surface area contributed by atoms with E-state index in [1.807, 2.05) is 19.1 Å². The van der Waals surface area contributed by atoms with Gasteiger partial charge >= 0.3 is 0 Å². The Hall–Kier alpha value is -3.43. The van der Waals surface area contributed by atoms with Crippen molar-refractivity contribution in [2.24, 2.45) is 11.8 Å². The first-order valence-corrected chi connectivity index (χ1v) is 10.9. The predicted molar refractivity (Wildman–Crippen MR) is 115 cm³/mol. The van der Waals surface area contributed by atoms with Crippen molar-refractivity contribution in [1.29, 1.82) is 0 Å². The zero-order valence-corrected chi connectivity index (χ0v) is 18.1. The third-order valence-electron chi connectivity index (χ3n) is 7.19. The van der Waals surface area contributed by atoms with Crippen molar-refractivity contribution in [3.05, 3.63) is 53.1 Å². The van der Waals surface area contributed by atoms with E-state index < -0.39 is 41.3 Å². The normalized spacial score (nSPS) is 30.1. The van der Waals surface area contributed by atoms with Gasteiger partial charge in [0.1, 0.15) is 5.54 Å². The van der Waals surface area contributed by atoms with Gasteiger partial charge in [-0.15, -0.1) is 0 Å². The number of ether oxygens (including phenoxy) is 2. The van der Waals surface area contributed by atoms with E-state index in [-0.39, 0.29) is 19.2 Å². The second-order valence-corrected chi connectivity index (χ2v) is 9.18. The largest absolute Gasteiger partial charge is 0.454 e. The Morgan fingerprint density at radius 1 is 1.12 bits per heavy atom. The smallest absolute Gasteiger partial charge is 0.250 e. The minimum absolute atomic E-state index is 0.0478. The molecule has 0 unspecified atom stereocenters. The number of aliphatic hydroxyl groups is 1. The van der Waals surface area contributed by atoms with E-state index in [0.29, 0.717) is 28.3 Å². The molecule has 3 N–H and O–H groups in total. The Kier molecular flexibility index (Phi) is 4.15. The maximum absolute atomic E-state index is 13.8. The number of hydrogen-bond donors (Lipinski definition) is 3. The highest BCUT2D eigenvalue weighted by Crippen LogP contribution is 2.53. The number of hydrogen-bond acceptors (Lipinski definition) is 7. The molecule has 33 heavy (non-hydrogen) atoms. The van der Waals surface area contributed by atoms with Crippen LogP contribution in [0.15, 0.2) is 36.4 Å². The van der Waals surface area contributed by atoms with Crippen LogP contribution in [0.2, 0.25) is 0 Å². The highest BCUT2D eigenvalue weighted by atomic mass is 16.7. The van der Waals surface area contributed by atoms with Gasteiger partial charge in [-0.05, 0) is 37.6 Å². The molecule has 9 heteroatoms. The van der Waals surface area contributed by atoms with Gasteiger partial charge in [0.05, 0.1) is 24.5 Å². The summed E-state index contributed by atoms with van der Waals surface area (Å²) in [4.78, 5) is 41.9. The number of aryl methyl sites for hydroxylation is 1. The number of imide groups is 1. The van der Waals surface area contributed by atoms with Crippen LogP contribution in [0.25, 0.3) is 0 Å². The first-order valence-electron chi connectivity index (χ1n) is 10.9. The van der Waals surface area contributed by atoms with Crippen LogP contribution in [0.5, 0.6) is 11.5 Å². The molecule has 170 valence electrons. The van der Waals surface area contributed by atoms with Gasteiger partial charge in [-0.1, -0.05) is 23.8 Å². The van der Waals surface area contributed by atoms with Gasteiger partial charge < -0.3 is 19.9 Å². The Morgan fingerprint density at radius 2 is 1.91 bits per heavy atom. The number of amides is 3. The number of rotatable bonds is 3. The number of nitrogens with zero attached hydrogens (tertiary/aromatic N) is 1. The summed E-state index contributed by atoms with van der Waals surface area (Å²) in [6.07, 6.45) is -0.944. The van der Waals surface area contributed by atoms with E-state index >= 15 is 0 Å². The van der Waals surface area contributed by atoms with Crippen molar-refractivity contribution in [3.63, 3.8) is 0 Å². The summed E-state index contributed by atoms with van der Waals surface area (Å²) in [6, 6.07) is 10.1. The molecule has 5 atom stereocenters. The Bertz CT molecular complexity index is 1230. The molecule has 1 spiro atoms. The average Bonchev–Trinajstić information content (AvgIpc) is 3.51. The summed E-state index contributed by atoms with van der Waals surface area (Å²) in [5.74, 6) is -1.85. The third-order valence-corrected chi connectivity index (χ3v) is 7.19. The zero-order valence-electron chi connectivity index (χ0n) is 18.1. The molecule has 0 saturated carbocycles. The number of nitrogens with one attached hydrogen (secondary N) is 2. The van der Waals surface area contributed by atoms with Crippen molar-refractivity contribution in [2.45, 2.75) is 38.1 Å². The molecular formula is C24H23N3O6. The SMILES string of the molecule is Cc1ccc2c(c1)[C@]1(N[C@@H]([C@H](C)O)[C@H]3C(=O)N(Cc4ccc5c(c4)OCO5)C(=O)[C@H]31)C(=O)N2. The number of aliphatic hydroxyl groups excluding tert-OH is 1. The minimum Gasteiger partial charge on any atom is -0.454 e. The van der Waals surface area contributed by atoms with E-state index in [1.54, 1.807) is 31.2 Å². The fourth-order valence-electron chi connectivity index (χ4n) is 5.70. The molecule has 4 heterocycles. The summed E-state index contributed by atoms with van der Waals surface area (Å²) < 4.78 is 10.7. The number of anilines is 1. The highest BCUT2D eigenvalue weighted by Gasteiger charge is 2.71. The maximum Gasteiger partial charge on any atom is 0.250 e. The van der Waals surface area contributed by atoms with Crippen LogP contribution >= 0.6 is 0 Å². The van der Waals surface area contributed by atoms with Gasteiger partial charge in [0.2, 0.25) is 24.5 Å². The topological polar surface area (TPSA) is 117 Å². The first-order chi connectivity index (χ1) is 15.8. The summed E-state index contributed by atoms with van der Waals surface area (Å²) in [6.45, 7) is 3.65. The monoisotopic (exact) mass is 449 g/mol. The number of carbonyl (C=O) groups is 3. The number of carbonyl (C=O) groups excluding carboxylic acids is 3. The summed E-state index contributed by atoms with van der Waals surface area (Å²) >= 11 is 0. The van der Waals surface area contributed by atoms with E-state index in [2.05, 4.69) is 10.6 Å². The molecule has 2 aromatic rings. The fraction of sp³-hybridized carbons (Fsp3) is 0.375. The number of fused-ring (bicyclic) bond motifs is 5. The van der Waals surface area contributed by atoms with Crippen molar-refractivity contribution in [1.82, 2.24) is 10.2 Å². The number of benzene rings is 2. The summed E-state index contributed by atoms with van der Waals surface area (Å²) in [5.41, 5.74) is 1.47. The maximum atomic E-state index is 13.8. The number of likely N-dealkylation sites (tertiary alicyclic amines) is 1. The average molecular weight is 449 g/mol. The van der Waals surface area contributed by atoms with Crippen LogP contribution in [-0.2, 0) is 26.5 Å². The van der Waals surface area contributed by atoms with Crippen LogP contribution in [0, 0.1) is 18.8 Å². The zero-order chi connectivity index (χ0) is 23.1. The molecule has 0 bridgehead atoms. The molecule has 6 rings (SSSR count). The van der Waals surface area contributed by atoms with Crippen LogP contribution < -0.4 is 20.1 Å². The fourth-order valence-corrected chi connectivity index (χ4v) is 5.70. The van der Waals surface area contributed by atoms with Gasteiger partial charge in [0.25, 0.3) is 0 Å². The van der Waals surface area contributed by atoms with Crippen molar-refractivity contribution in [3.8, 4) is 11.5 Å². The summed E-state index contributed by atoms with van der Waals surface area (Å²) in [5, 5.41) is 16.6. The standard InChI is InChI=1S/C24H23N3O6/c1-11-3-5-15-14(7-11)24(23(31)25-15)19-18(20(26-24)12(2)28)21(29)27(22(19)30)9-13-4-6-16-17(8-13)33-10-32-16/h3-8,12,18-20,26,28H,9-10H2,1-2H3,(H,25,31)/t12-,18-,19-,20-,24+/m0/s1. The van der Waals surface area contributed by atoms with Gasteiger partial charge in [-0.2, -0.15) is 0 Å². The Morgan fingerprint density at radius 3 is 2.70 bits per heavy atom. The Balaban J connectivity index is 1.42. The molecule has 3 amide bonds. The van der Waals surface area contributed by atoms with Crippen molar-refractivity contribution >= 4 is 23.4 Å². The quantitative estimate of drug-likeness (QED) is 0.599. The van der Waals surface area contributed by atoms with Crippen LogP contribution in [-0.4, -0.2) is 46.7 Å². The van der Waals surface area contributed by atoms with Gasteiger partial charge in [0.15, 0.2) is 11.5 Å². The van der Waals surface area contributed by atoms with E-state index in [1.165, 1.54) is 4.90 Å². The van der Waals surface area contributed by atoms with Crippen LogP contribution in [0.3, 0.4) is 0 Å². The lowest BCUT2D eigenvalue weighted by Gasteiger charge is -2.30. The lowest BCUT2D eigenvalue weighted by atomic mass is 9.76. The molecule has 4 aliphatic rings. The van der Waals surface area contributed by atoms with Gasteiger partial charge in [-0.3, -0.25) is 24.6 Å². The highest BCUT2D eigenvalue weighted by molar-refractivity contribution is 6.15. The molecule has 2 aromatic carbocycles. The molecule has 0 aromatic heterocycles. The van der Waals surface area contributed by atoms with Crippen molar-refractivity contribution < 1.29 is 29.0 Å².